The highest BCUT2D eigenvalue weighted by atomic mass is 16.3. The maximum Gasteiger partial charge on any atom is 0.278 e. The molecule has 37 heavy (non-hydrogen) atoms. The van der Waals surface area contributed by atoms with E-state index in [4.69, 9.17) is 4.98 Å². The van der Waals surface area contributed by atoms with Crippen LogP contribution in [0.4, 0.5) is 11.6 Å². The van der Waals surface area contributed by atoms with Crippen LogP contribution in [0.15, 0.2) is 60.0 Å². The molecule has 4 heterocycles. The van der Waals surface area contributed by atoms with Crippen molar-refractivity contribution >= 4 is 22.7 Å². The number of benzene rings is 1. The molecular weight excluding hydrogens is 466 g/mol. The van der Waals surface area contributed by atoms with Gasteiger partial charge in [-0.05, 0) is 88.0 Å². The number of nitrogens with zero attached hydrogens (tertiary/aromatic N) is 5. The average Bonchev–Trinajstić information content (AvgIpc) is 3.15. The lowest BCUT2D eigenvalue weighted by molar-refractivity contribution is 0.0738. The predicted octanol–water partition coefficient (Wildman–Crippen LogP) is 3.91. The van der Waals surface area contributed by atoms with Gasteiger partial charge in [-0.15, -0.1) is 6.58 Å². The second kappa shape index (κ2) is 9.91. The molecule has 9 nitrogen and oxygen atoms in total. The molecule has 4 aromatic rings. The topological polar surface area (TPSA) is 110 Å². The summed E-state index contributed by atoms with van der Waals surface area (Å²) in [6.45, 7) is 11.7. The number of nitrogens with one attached hydrogen (secondary N) is 2. The third-order valence-corrected chi connectivity index (χ3v) is 6.86. The van der Waals surface area contributed by atoms with E-state index >= 15 is 0 Å². The molecule has 9 heteroatoms. The molecular formula is C28H33N7O2. The molecule has 0 saturated carbocycles. The van der Waals surface area contributed by atoms with Gasteiger partial charge >= 0.3 is 0 Å². The molecule has 0 aliphatic carbocycles. The van der Waals surface area contributed by atoms with E-state index in [9.17, 15) is 9.90 Å². The Bertz CT molecular complexity index is 1510. The van der Waals surface area contributed by atoms with Gasteiger partial charge in [0.15, 0.2) is 11.5 Å². The zero-order chi connectivity index (χ0) is 26.2. The van der Waals surface area contributed by atoms with Crippen LogP contribution < -0.4 is 16.2 Å². The molecule has 0 unspecified atom stereocenters. The van der Waals surface area contributed by atoms with Gasteiger partial charge in [0.1, 0.15) is 11.0 Å². The predicted molar refractivity (Wildman–Crippen MR) is 146 cm³/mol. The van der Waals surface area contributed by atoms with Crippen molar-refractivity contribution in [3.8, 4) is 5.82 Å². The van der Waals surface area contributed by atoms with Crippen LogP contribution in [0.5, 0.6) is 0 Å². The number of hydrogen-bond donors (Lipinski definition) is 3. The average molecular weight is 500 g/mol. The number of pyridine rings is 1. The van der Waals surface area contributed by atoms with Crippen LogP contribution in [0.1, 0.15) is 49.4 Å². The van der Waals surface area contributed by atoms with Crippen molar-refractivity contribution < 1.29 is 5.11 Å². The van der Waals surface area contributed by atoms with Crippen LogP contribution in [-0.4, -0.2) is 42.5 Å². The molecule has 0 radical (unpaired) electrons. The quantitative estimate of drug-likeness (QED) is 0.331. The fourth-order valence-corrected chi connectivity index (χ4v) is 4.96. The van der Waals surface area contributed by atoms with Crippen molar-refractivity contribution in [3.63, 3.8) is 0 Å². The van der Waals surface area contributed by atoms with Gasteiger partial charge in [0, 0.05) is 11.9 Å². The number of anilines is 2. The number of aryl methyl sites for hydroxylation is 1. The van der Waals surface area contributed by atoms with Crippen LogP contribution in [0.3, 0.4) is 0 Å². The van der Waals surface area contributed by atoms with E-state index in [-0.39, 0.29) is 12.1 Å². The fraction of sp³-hybridized carbons (Fsp3) is 0.357. The van der Waals surface area contributed by atoms with Crippen LogP contribution >= 0.6 is 0 Å². The number of piperidine rings is 1. The van der Waals surface area contributed by atoms with Crippen LogP contribution in [0.25, 0.3) is 16.9 Å². The lowest BCUT2D eigenvalue weighted by atomic mass is 9.87. The number of aliphatic hydroxyl groups is 1. The summed E-state index contributed by atoms with van der Waals surface area (Å²) in [6.07, 6.45) is 5.49. The molecule has 3 aromatic heterocycles. The molecule has 3 N–H and O–H groups in total. The lowest BCUT2D eigenvalue weighted by Crippen LogP contribution is -2.26. The number of fused-ring (bicyclic) bond motifs is 1. The Morgan fingerprint density at radius 3 is 2.70 bits per heavy atom. The largest absolute Gasteiger partial charge is 0.384 e. The first-order valence-electron chi connectivity index (χ1n) is 12.6. The van der Waals surface area contributed by atoms with Gasteiger partial charge in [-0.3, -0.25) is 4.79 Å². The normalized spacial score (nSPS) is 14.7. The Balaban J connectivity index is 1.55. The smallest absolute Gasteiger partial charge is 0.278 e. The summed E-state index contributed by atoms with van der Waals surface area (Å²) in [6, 6.07) is 11.7. The van der Waals surface area contributed by atoms with E-state index in [2.05, 4.69) is 52.3 Å². The molecule has 0 spiro atoms. The third kappa shape index (κ3) is 4.92. The van der Waals surface area contributed by atoms with E-state index in [0.717, 1.165) is 31.6 Å². The first-order valence-corrected chi connectivity index (χ1v) is 12.6. The molecule has 5 rings (SSSR count). The van der Waals surface area contributed by atoms with Crippen LogP contribution in [0, 0.1) is 6.92 Å². The minimum Gasteiger partial charge on any atom is -0.384 e. The van der Waals surface area contributed by atoms with Gasteiger partial charge in [-0.25, -0.2) is 19.3 Å². The highest BCUT2D eigenvalue weighted by Crippen LogP contribution is 2.30. The first kappa shape index (κ1) is 24.9. The van der Waals surface area contributed by atoms with E-state index in [0.29, 0.717) is 34.4 Å². The van der Waals surface area contributed by atoms with Gasteiger partial charge < -0.3 is 15.7 Å². The fourth-order valence-electron chi connectivity index (χ4n) is 4.96. The van der Waals surface area contributed by atoms with E-state index in [1.807, 2.05) is 0 Å². The van der Waals surface area contributed by atoms with Gasteiger partial charge in [-0.2, -0.15) is 4.98 Å². The maximum atomic E-state index is 13.2. The third-order valence-electron chi connectivity index (χ3n) is 6.86. The summed E-state index contributed by atoms with van der Waals surface area (Å²) >= 11 is 0. The highest BCUT2D eigenvalue weighted by molar-refractivity contribution is 5.77. The molecule has 0 bridgehead atoms. The summed E-state index contributed by atoms with van der Waals surface area (Å²) < 4.78 is 3.18. The standard InChI is InChI=1S/C28H33N7O2/c1-5-15-34-26(36)22-17-30-27(31-20-9-10-21(18(2)16-20)19-11-13-29-14-12-19)33-25(22)35(34)24-8-6-7-23(32-24)28(3,4)37/h5-10,16-17,19,29,37H,1,11-15H2,2-4H3,(H,30,31,33). The van der Waals surface area contributed by atoms with Crippen LogP contribution in [-0.2, 0) is 12.1 Å². The Kier molecular flexibility index (Phi) is 6.66. The lowest BCUT2D eigenvalue weighted by Gasteiger charge is -2.24. The Morgan fingerprint density at radius 2 is 2.00 bits per heavy atom. The van der Waals surface area contributed by atoms with E-state index < -0.39 is 5.60 Å². The second-order valence-electron chi connectivity index (χ2n) is 10.1. The Morgan fingerprint density at radius 1 is 1.22 bits per heavy atom. The number of aromatic nitrogens is 5. The summed E-state index contributed by atoms with van der Waals surface area (Å²) in [5.41, 5.74) is 3.04. The van der Waals surface area contributed by atoms with Gasteiger partial charge in [0.25, 0.3) is 5.56 Å². The number of allylic oxidation sites excluding steroid dienone is 1. The minimum atomic E-state index is -1.14. The molecule has 192 valence electrons. The highest BCUT2D eigenvalue weighted by Gasteiger charge is 2.22. The minimum absolute atomic E-state index is 0.237. The van der Waals surface area contributed by atoms with Crippen molar-refractivity contribution in [2.45, 2.75) is 51.7 Å². The molecule has 1 saturated heterocycles. The number of rotatable bonds is 7. The number of hydrogen-bond acceptors (Lipinski definition) is 7. The molecule has 1 aliphatic rings. The van der Waals surface area contributed by atoms with Crippen molar-refractivity contribution in [3.05, 3.63) is 82.4 Å². The Labute approximate surface area is 215 Å². The van der Waals surface area contributed by atoms with Crippen molar-refractivity contribution in [1.82, 2.24) is 29.6 Å². The van der Waals surface area contributed by atoms with Gasteiger partial charge in [-0.1, -0.05) is 18.2 Å². The van der Waals surface area contributed by atoms with Gasteiger partial charge in [0.2, 0.25) is 5.95 Å². The zero-order valence-corrected chi connectivity index (χ0v) is 21.5. The Hall–Kier alpha value is -3.82. The first-order chi connectivity index (χ1) is 17.8. The molecule has 1 fully saturated rings. The van der Waals surface area contributed by atoms with Crippen LogP contribution in [0.2, 0.25) is 0 Å². The molecule has 0 atom stereocenters. The summed E-state index contributed by atoms with van der Waals surface area (Å²) in [5, 5.41) is 17.6. The van der Waals surface area contributed by atoms with Gasteiger partial charge in [0.05, 0.1) is 12.2 Å². The maximum absolute atomic E-state index is 13.2. The second-order valence-corrected chi connectivity index (χ2v) is 10.1. The van der Waals surface area contributed by atoms with Crippen molar-refractivity contribution in [2.24, 2.45) is 0 Å². The summed E-state index contributed by atoms with van der Waals surface area (Å²) in [5.74, 6) is 1.43. The van der Waals surface area contributed by atoms with Crippen molar-refractivity contribution in [1.29, 1.82) is 0 Å². The monoisotopic (exact) mass is 499 g/mol. The zero-order valence-electron chi connectivity index (χ0n) is 21.5. The summed E-state index contributed by atoms with van der Waals surface area (Å²) in [4.78, 5) is 27.0. The molecule has 1 aliphatic heterocycles. The molecule has 0 amide bonds. The van der Waals surface area contributed by atoms with E-state index in [1.165, 1.54) is 15.8 Å². The SMILES string of the molecule is C=CCn1c(=O)c2cnc(Nc3ccc(C4CCNCC4)c(C)c3)nc2n1-c1cccc(C(C)(C)O)n1. The van der Waals surface area contributed by atoms with E-state index in [1.54, 1.807) is 49.0 Å². The molecule has 1 aromatic carbocycles. The van der Waals surface area contributed by atoms with Crippen molar-refractivity contribution in [2.75, 3.05) is 18.4 Å². The summed E-state index contributed by atoms with van der Waals surface area (Å²) in [7, 11) is 0.